The Bertz CT molecular complexity index is 608. The fraction of sp³-hybridized carbons (Fsp3) is 0.903. The molecule has 1 amide bonds. The van der Waals surface area contributed by atoms with Gasteiger partial charge in [0.15, 0.2) is 0 Å². The van der Waals surface area contributed by atoms with Crippen LogP contribution in [0.1, 0.15) is 148 Å². The van der Waals surface area contributed by atoms with Crippen molar-refractivity contribution < 1.29 is 29.7 Å². The second-order valence-electron chi connectivity index (χ2n) is 11.3. The van der Waals surface area contributed by atoms with Crippen LogP contribution in [0.4, 0.5) is 0 Å². The predicted molar refractivity (Wildman–Crippen MR) is 161 cm³/mol. The number of nitrogens with one attached hydrogen (secondary N) is 2. The molecule has 0 aliphatic heterocycles. The molecule has 0 rings (SSSR count). The summed E-state index contributed by atoms with van der Waals surface area (Å²) < 4.78 is 0. The Kier molecular flexibility index (Phi) is 27.8. The average Bonchev–Trinajstić information content (AvgIpc) is 2.93. The maximum atomic E-state index is 12.0. The average molecular weight is 572 g/mol. The molecule has 7 N–H and O–H groups in total. The van der Waals surface area contributed by atoms with E-state index in [1.54, 1.807) is 0 Å². The van der Waals surface area contributed by atoms with Gasteiger partial charge in [-0.2, -0.15) is 0 Å². The first-order valence-corrected chi connectivity index (χ1v) is 16.1. The number of carbonyl (C=O) groups excluding carboxylic acids is 2. The largest absolute Gasteiger partial charge is 0.481 e. The van der Waals surface area contributed by atoms with Gasteiger partial charge in [-0.25, -0.2) is 0 Å². The molecule has 0 aliphatic rings. The Balaban J connectivity index is 3.49. The molecule has 0 spiro atoms. The molecule has 0 aliphatic carbocycles. The number of rotatable bonds is 31. The first-order chi connectivity index (χ1) is 19.4. The molecule has 9 heteroatoms. The van der Waals surface area contributed by atoms with Crippen LogP contribution in [-0.2, 0) is 14.4 Å². The summed E-state index contributed by atoms with van der Waals surface area (Å²) in [5, 5.41) is 34.3. The third-order valence-corrected chi connectivity index (χ3v) is 7.45. The zero-order valence-corrected chi connectivity index (χ0v) is 25.1. The highest BCUT2D eigenvalue weighted by Crippen LogP contribution is 2.14. The van der Waals surface area contributed by atoms with Gasteiger partial charge in [0.2, 0.25) is 5.91 Å². The van der Waals surface area contributed by atoms with Gasteiger partial charge in [-0.05, 0) is 44.9 Å². The summed E-state index contributed by atoms with van der Waals surface area (Å²) in [5.41, 5.74) is 5.54. The SMILES string of the molecule is NC(C=O)CCCCNC(=O)CCC(CO)NC(O)CCCCCCCCCCCCCCCCCCC(=O)O. The number of amides is 1. The maximum Gasteiger partial charge on any atom is 0.303 e. The van der Waals surface area contributed by atoms with E-state index in [1.165, 1.54) is 70.6 Å². The molecule has 236 valence electrons. The fourth-order valence-corrected chi connectivity index (χ4v) is 4.87. The number of aliphatic hydroxyl groups excluding tert-OH is 2. The lowest BCUT2D eigenvalue weighted by molar-refractivity contribution is -0.137. The van der Waals surface area contributed by atoms with Crippen molar-refractivity contribution >= 4 is 18.2 Å². The van der Waals surface area contributed by atoms with E-state index in [9.17, 15) is 24.6 Å². The number of aldehydes is 1. The first kappa shape index (κ1) is 38.5. The van der Waals surface area contributed by atoms with Crippen LogP contribution in [0.5, 0.6) is 0 Å². The molecular formula is C31H61N3O6. The molecule has 40 heavy (non-hydrogen) atoms. The van der Waals surface area contributed by atoms with Crippen LogP contribution in [0.25, 0.3) is 0 Å². The van der Waals surface area contributed by atoms with Crippen molar-refractivity contribution in [1.82, 2.24) is 10.6 Å². The minimum atomic E-state index is -0.683. The first-order valence-electron chi connectivity index (χ1n) is 16.1. The van der Waals surface area contributed by atoms with Crippen molar-refractivity contribution in [2.45, 2.75) is 166 Å². The Hall–Kier alpha value is -1.55. The monoisotopic (exact) mass is 571 g/mol. The van der Waals surface area contributed by atoms with Gasteiger partial charge in [-0.15, -0.1) is 0 Å². The van der Waals surface area contributed by atoms with Gasteiger partial charge in [0.05, 0.1) is 12.6 Å². The summed E-state index contributed by atoms with van der Waals surface area (Å²) >= 11 is 0. The zero-order chi connectivity index (χ0) is 29.7. The van der Waals surface area contributed by atoms with Gasteiger partial charge in [0.25, 0.3) is 0 Å². The number of carbonyl (C=O) groups is 3. The van der Waals surface area contributed by atoms with Crippen LogP contribution < -0.4 is 16.4 Å². The van der Waals surface area contributed by atoms with Gasteiger partial charge >= 0.3 is 5.97 Å². The lowest BCUT2D eigenvalue weighted by atomic mass is 10.0. The standard InChI is InChI=1S/C31H61N3O6/c32-27(25-35)19-17-18-24-33-29(37)23-22-28(26-36)34-30(38)20-15-13-11-9-7-5-3-1-2-4-6-8-10-12-14-16-21-31(39)40/h25,27-28,30,34,36,38H,1-24,26,32H2,(H,33,37)(H,39,40). The highest BCUT2D eigenvalue weighted by molar-refractivity contribution is 5.75. The highest BCUT2D eigenvalue weighted by atomic mass is 16.4. The lowest BCUT2D eigenvalue weighted by Gasteiger charge is -2.20. The molecule has 0 aromatic carbocycles. The van der Waals surface area contributed by atoms with Crippen molar-refractivity contribution in [2.75, 3.05) is 13.2 Å². The minimum absolute atomic E-state index is 0.0762. The molecule has 3 atom stereocenters. The summed E-state index contributed by atoms with van der Waals surface area (Å²) in [6.07, 6.45) is 23.1. The summed E-state index contributed by atoms with van der Waals surface area (Å²) in [7, 11) is 0. The number of carboxylic acids is 1. The molecule has 0 radical (unpaired) electrons. The van der Waals surface area contributed by atoms with Crippen LogP contribution >= 0.6 is 0 Å². The molecule has 0 heterocycles. The molecule has 3 unspecified atom stereocenters. The summed E-state index contributed by atoms with van der Waals surface area (Å²) in [4.78, 5) is 32.9. The van der Waals surface area contributed by atoms with Crippen molar-refractivity contribution in [3.05, 3.63) is 0 Å². The normalized spacial score (nSPS) is 13.6. The van der Waals surface area contributed by atoms with Crippen LogP contribution in [0.2, 0.25) is 0 Å². The Morgan fingerprint density at radius 1 is 0.675 bits per heavy atom. The Morgan fingerprint density at radius 2 is 1.15 bits per heavy atom. The van der Waals surface area contributed by atoms with E-state index in [0.29, 0.717) is 32.2 Å². The Morgan fingerprint density at radius 3 is 1.62 bits per heavy atom. The third-order valence-electron chi connectivity index (χ3n) is 7.45. The van der Waals surface area contributed by atoms with Crippen molar-refractivity contribution in [2.24, 2.45) is 5.73 Å². The van der Waals surface area contributed by atoms with E-state index in [0.717, 1.165) is 51.2 Å². The molecule has 0 bridgehead atoms. The molecule has 0 aromatic heterocycles. The highest BCUT2D eigenvalue weighted by Gasteiger charge is 2.14. The maximum absolute atomic E-state index is 12.0. The number of aliphatic carboxylic acids is 1. The number of aliphatic hydroxyl groups is 2. The quantitative estimate of drug-likeness (QED) is 0.0387. The number of hydrogen-bond donors (Lipinski definition) is 6. The van der Waals surface area contributed by atoms with E-state index in [1.807, 2.05) is 0 Å². The lowest BCUT2D eigenvalue weighted by Crippen LogP contribution is -2.41. The number of carboxylic acid groups (broad SMARTS) is 1. The molecule has 9 nitrogen and oxygen atoms in total. The minimum Gasteiger partial charge on any atom is -0.481 e. The Labute approximate surface area is 243 Å². The second-order valence-corrected chi connectivity index (χ2v) is 11.3. The van der Waals surface area contributed by atoms with Crippen LogP contribution in [-0.4, -0.2) is 64.9 Å². The van der Waals surface area contributed by atoms with Gasteiger partial charge in [0, 0.05) is 25.4 Å². The summed E-state index contributed by atoms with van der Waals surface area (Å²) in [6.45, 7) is 0.426. The number of nitrogens with two attached hydrogens (primary N) is 1. The molecule has 0 saturated heterocycles. The summed E-state index contributed by atoms with van der Waals surface area (Å²) in [6, 6.07) is -0.733. The van der Waals surface area contributed by atoms with Crippen LogP contribution in [0.15, 0.2) is 0 Å². The van der Waals surface area contributed by atoms with E-state index in [-0.39, 0.29) is 25.0 Å². The van der Waals surface area contributed by atoms with E-state index in [4.69, 9.17) is 10.8 Å². The van der Waals surface area contributed by atoms with Crippen molar-refractivity contribution in [3.63, 3.8) is 0 Å². The van der Waals surface area contributed by atoms with Gasteiger partial charge in [0.1, 0.15) is 12.5 Å². The molecule has 0 saturated carbocycles. The van der Waals surface area contributed by atoms with Crippen LogP contribution in [0.3, 0.4) is 0 Å². The number of hydrogen-bond acceptors (Lipinski definition) is 7. The second kappa shape index (κ2) is 29.0. The van der Waals surface area contributed by atoms with Gasteiger partial charge in [-0.1, -0.05) is 89.9 Å². The van der Waals surface area contributed by atoms with Crippen molar-refractivity contribution in [1.29, 1.82) is 0 Å². The summed E-state index contributed by atoms with van der Waals surface area (Å²) in [5.74, 6) is -0.759. The van der Waals surface area contributed by atoms with E-state index < -0.39 is 18.2 Å². The smallest absolute Gasteiger partial charge is 0.303 e. The molecule has 0 aromatic rings. The molecular weight excluding hydrogens is 510 g/mol. The van der Waals surface area contributed by atoms with Crippen LogP contribution in [0, 0.1) is 0 Å². The predicted octanol–water partition coefficient (Wildman–Crippen LogP) is 4.95. The van der Waals surface area contributed by atoms with Gasteiger partial charge in [-0.3, -0.25) is 14.9 Å². The third kappa shape index (κ3) is 28.0. The topological polar surface area (TPSA) is 162 Å². The zero-order valence-electron chi connectivity index (χ0n) is 25.1. The van der Waals surface area contributed by atoms with E-state index >= 15 is 0 Å². The van der Waals surface area contributed by atoms with E-state index in [2.05, 4.69) is 10.6 Å². The molecule has 0 fully saturated rings. The number of unbranched alkanes of at least 4 members (excludes halogenated alkanes) is 16. The van der Waals surface area contributed by atoms with Gasteiger partial charge < -0.3 is 31.2 Å². The fourth-order valence-electron chi connectivity index (χ4n) is 4.87. The van der Waals surface area contributed by atoms with Crippen molar-refractivity contribution in [3.8, 4) is 0 Å².